The van der Waals surface area contributed by atoms with Crippen molar-refractivity contribution < 1.29 is 9.53 Å². The number of benzene rings is 3. The first-order valence-corrected chi connectivity index (χ1v) is 11.5. The van der Waals surface area contributed by atoms with Crippen LogP contribution in [0.25, 0.3) is 11.3 Å². The Balaban J connectivity index is 1.58. The fourth-order valence-corrected chi connectivity index (χ4v) is 4.42. The zero-order valence-corrected chi connectivity index (χ0v) is 19.0. The number of nitrogens with one attached hydrogen (secondary N) is 1. The number of amides is 1. The molecule has 0 fully saturated rings. The van der Waals surface area contributed by atoms with Gasteiger partial charge in [0, 0.05) is 21.5 Å². The molecule has 0 spiro atoms. The number of anilines is 1. The van der Waals surface area contributed by atoms with E-state index in [9.17, 15) is 4.79 Å². The summed E-state index contributed by atoms with van der Waals surface area (Å²) in [5.41, 5.74) is 4.29. The van der Waals surface area contributed by atoms with E-state index in [2.05, 4.69) is 5.32 Å². The number of nitrogens with zero attached hydrogens (tertiary/aromatic N) is 3. The molecular weight excluding hydrogens is 456 g/mol. The SMILES string of the molecule is O=C1COc2ccc(-c3csc(=NCc4ccccc4)n3N=Cc3ccccc3Cl)cc2N1. The zero-order chi connectivity index (χ0) is 22.6. The van der Waals surface area contributed by atoms with Gasteiger partial charge in [0.25, 0.3) is 5.91 Å². The number of hydrogen-bond donors (Lipinski definition) is 1. The first kappa shape index (κ1) is 21.2. The van der Waals surface area contributed by atoms with Crippen LogP contribution in [-0.4, -0.2) is 23.4 Å². The Labute approximate surface area is 199 Å². The van der Waals surface area contributed by atoms with Crippen molar-refractivity contribution in [3.05, 3.63) is 99.1 Å². The molecule has 0 bridgehead atoms. The van der Waals surface area contributed by atoms with Gasteiger partial charge in [0.1, 0.15) is 5.75 Å². The van der Waals surface area contributed by atoms with Crippen LogP contribution in [0.15, 0.2) is 88.3 Å². The highest BCUT2D eigenvalue weighted by Crippen LogP contribution is 2.33. The molecule has 5 rings (SSSR count). The van der Waals surface area contributed by atoms with Crippen molar-refractivity contribution in [2.45, 2.75) is 6.54 Å². The predicted octanol–water partition coefficient (Wildman–Crippen LogP) is 5.18. The van der Waals surface area contributed by atoms with Crippen molar-refractivity contribution >= 4 is 40.7 Å². The lowest BCUT2D eigenvalue weighted by molar-refractivity contribution is -0.118. The minimum Gasteiger partial charge on any atom is -0.482 e. The standard InChI is InChI=1S/C25H19ClN4O2S/c26-20-9-5-4-8-19(20)14-28-30-22(16-33-25(30)27-13-17-6-2-1-3-7-17)18-10-11-23-21(12-18)29-24(31)15-32-23/h1-12,14,16H,13,15H2,(H,29,31). The maximum absolute atomic E-state index is 11.8. The summed E-state index contributed by atoms with van der Waals surface area (Å²) in [5.74, 6) is 0.474. The van der Waals surface area contributed by atoms with Crippen LogP contribution in [0.5, 0.6) is 5.75 Å². The molecule has 33 heavy (non-hydrogen) atoms. The van der Waals surface area contributed by atoms with Crippen LogP contribution >= 0.6 is 22.9 Å². The maximum atomic E-state index is 11.8. The number of fused-ring (bicyclic) bond motifs is 1. The Bertz CT molecular complexity index is 1410. The quantitative estimate of drug-likeness (QED) is 0.405. The van der Waals surface area contributed by atoms with Gasteiger partial charge in [0.2, 0.25) is 4.80 Å². The van der Waals surface area contributed by atoms with E-state index in [1.54, 1.807) is 10.9 Å². The molecule has 8 heteroatoms. The van der Waals surface area contributed by atoms with Gasteiger partial charge in [-0.15, -0.1) is 11.3 Å². The summed E-state index contributed by atoms with van der Waals surface area (Å²) >= 11 is 7.82. The third kappa shape index (κ3) is 4.74. The number of aromatic nitrogens is 1. The number of carbonyl (C=O) groups is 1. The summed E-state index contributed by atoms with van der Waals surface area (Å²) in [4.78, 5) is 17.3. The topological polar surface area (TPSA) is 68.0 Å². The van der Waals surface area contributed by atoms with Crippen molar-refractivity contribution in [3.8, 4) is 17.0 Å². The summed E-state index contributed by atoms with van der Waals surface area (Å²) in [7, 11) is 0. The van der Waals surface area contributed by atoms with E-state index < -0.39 is 0 Å². The van der Waals surface area contributed by atoms with Gasteiger partial charge in [0.05, 0.1) is 24.1 Å². The van der Waals surface area contributed by atoms with Crippen LogP contribution in [-0.2, 0) is 11.3 Å². The van der Waals surface area contributed by atoms with Crippen molar-refractivity contribution in [1.29, 1.82) is 0 Å². The maximum Gasteiger partial charge on any atom is 0.262 e. The highest BCUT2D eigenvalue weighted by Gasteiger charge is 2.17. The number of thiazole rings is 1. The van der Waals surface area contributed by atoms with Crippen LogP contribution < -0.4 is 14.9 Å². The second-order valence-corrected chi connectivity index (χ2v) is 8.57. The van der Waals surface area contributed by atoms with Crippen LogP contribution in [0.2, 0.25) is 5.02 Å². The Kier molecular flexibility index (Phi) is 6.06. The van der Waals surface area contributed by atoms with Crippen molar-refractivity contribution in [1.82, 2.24) is 4.68 Å². The Morgan fingerprint density at radius 3 is 2.76 bits per heavy atom. The number of carbonyl (C=O) groups excluding carboxylic acids is 1. The zero-order valence-electron chi connectivity index (χ0n) is 17.4. The Morgan fingerprint density at radius 2 is 1.91 bits per heavy atom. The van der Waals surface area contributed by atoms with E-state index in [1.807, 2.05) is 78.2 Å². The van der Waals surface area contributed by atoms with Gasteiger partial charge in [0.15, 0.2) is 6.61 Å². The summed E-state index contributed by atoms with van der Waals surface area (Å²) in [6.07, 6.45) is 1.73. The number of hydrogen-bond acceptors (Lipinski definition) is 5. The Hall–Kier alpha value is -3.68. The van der Waals surface area contributed by atoms with Crippen molar-refractivity contribution in [2.75, 3.05) is 11.9 Å². The average Bonchev–Trinajstić information content (AvgIpc) is 3.25. The monoisotopic (exact) mass is 474 g/mol. The molecule has 1 aromatic heterocycles. The van der Waals surface area contributed by atoms with Gasteiger partial charge in [-0.1, -0.05) is 60.1 Å². The van der Waals surface area contributed by atoms with E-state index in [4.69, 9.17) is 26.4 Å². The third-order valence-electron chi connectivity index (χ3n) is 5.05. The molecule has 2 heterocycles. The smallest absolute Gasteiger partial charge is 0.262 e. The third-order valence-corrected chi connectivity index (χ3v) is 6.25. The van der Waals surface area contributed by atoms with Crippen LogP contribution in [0.4, 0.5) is 5.69 Å². The minimum atomic E-state index is -0.173. The second-order valence-electron chi connectivity index (χ2n) is 7.33. The summed E-state index contributed by atoms with van der Waals surface area (Å²) < 4.78 is 7.28. The molecule has 0 atom stereocenters. The first-order chi connectivity index (χ1) is 16.2. The van der Waals surface area contributed by atoms with E-state index in [0.717, 1.165) is 27.2 Å². The highest BCUT2D eigenvalue weighted by molar-refractivity contribution is 7.07. The summed E-state index contributed by atoms with van der Waals surface area (Å²) in [6, 6.07) is 23.3. The largest absolute Gasteiger partial charge is 0.482 e. The average molecular weight is 475 g/mol. The second kappa shape index (κ2) is 9.44. The minimum absolute atomic E-state index is 0.0233. The van der Waals surface area contributed by atoms with Gasteiger partial charge in [-0.25, -0.2) is 4.68 Å². The fraction of sp³-hybridized carbons (Fsp3) is 0.0800. The van der Waals surface area contributed by atoms with Crippen LogP contribution in [0, 0.1) is 0 Å². The molecule has 1 amide bonds. The van der Waals surface area contributed by atoms with Gasteiger partial charge < -0.3 is 10.1 Å². The summed E-state index contributed by atoms with van der Waals surface area (Å²) in [6.45, 7) is 0.561. The lowest BCUT2D eigenvalue weighted by Gasteiger charge is -2.18. The molecule has 4 aromatic rings. The van der Waals surface area contributed by atoms with E-state index in [-0.39, 0.29) is 12.5 Å². The van der Waals surface area contributed by atoms with Gasteiger partial charge >= 0.3 is 0 Å². The molecule has 6 nitrogen and oxygen atoms in total. The van der Waals surface area contributed by atoms with Gasteiger partial charge in [-0.2, -0.15) is 5.10 Å². The van der Waals surface area contributed by atoms with E-state index >= 15 is 0 Å². The van der Waals surface area contributed by atoms with E-state index in [0.29, 0.717) is 23.0 Å². The predicted molar refractivity (Wildman–Crippen MR) is 132 cm³/mol. The van der Waals surface area contributed by atoms with Crippen molar-refractivity contribution in [2.24, 2.45) is 10.1 Å². The lowest BCUT2D eigenvalue weighted by Crippen LogP contribution is -2.25. The number of rotatable bonds is 5. The Morgan fingerprint density at radius 1 is 1.09 bits per heavy atom. The lowest BCUT2D eigenvalue weighted by atomic mass is 10.1. The first-order valence-electron chi connectivity index (χ1n) is 10.3. The van der Waals surface area contributed by atoms with Gasteiger partial charge in [-0.3, -0.25) is 9.79 Å². The van der Waals surface area contributed by atoms with Gasteiger partial charge in [-0.05, 0) is 29.8 Å². The molecule has 0 unspecified atom stereocenters. The fourth-order valence-electron chi connectivity index (χ4n) is 3.40. The number of ether oxygens (including phenoxy) is 1. The molecule has 1 N–H and O–H groups in total. The molecule has 1 aliphatic rings. The molecule has 0 aliphatic carbocycles. The molecule has 164 valence electrons. The van der Waals surface area contributed by atoms with Crippen LogP contribution in [0.1, 0.15) is 11.1 Å². The van der Waals surface area contributed by atoms with E-state index in [1.165, 1.54) is 11.3 Å². The highest BCUT2D eigenvalue weighted by atomic mass is 35.5. The molecular formula is C25H19ClN4O2S. The molecule has 1 aliphatic heterocycles. The van der Waals surface area contributed by atoms with Crippen molar-refractivity contribution in [3.63, 3.8) is 0 Å². The number of halogens is 1. The normalized spacial score (nSPS) is 13.6. The molecule has 0 saturated carbocycles. The summed E-state index contributed by atoms with van der Waals surface area (Å²) in [5, 5.41) is 10.2. The molecule has 0 saturated heterocycles. The van der Waals surface area contributed by atoms with Crippen LogP contribution in [0.3, 0.4) is 0 Å². The molecule has 0 radical (unpaired) electrons. The molecule has 3 aromatic carbocycles.